The van der Waals surface area contributed by atoms with E-state index >= 15 is 0 Å². The first-order chi connectivity index (χ1) is 11.2. The number of nitrogens with zero attached hydrogens (tertiary/aromatic N) is 1. The van der Waals surface area contributed by atoms with Crippen molar-refractivity contribution < 1.29 is 9.59 Å². The molecule has 0 aromatic heterocycles. The van der Waals surface area contributed by atoms with Gasteiger partial charge in [0, 0.05) is 42.3 Å². The zero-order valence-electron chi connectivity index (χ0n) is 13.3. The Labute approximate surface area is 136 Å². The molecule has 2 atom stereocenters. The van der Waals surface area contributed by atoms with Crippen LogP contribution in [0.25, 0.3) is 0 Å². The van der Waals surface area contributed by atoms with Gasteiger partial charge in [-0.2, -0.15) is 0 Å². The number of carbonyl (C=O) groups excluding carboxylic acids is 2. The number of nitrogens with one attached hydrogen (secondary N) is 2. The average molecular weight is 313 g/mol. The summed E-state index contributed by atoms with van der Waals surface area (Å²) in [6, 6.07) is 8.33. The summed E-state index contributed by atoms with van der Waals surface area (Å²) in [6.07, 6.45) is 5.43. The number of benzene rings is 1. The van der Waals surface area contributed by atoms with Crippen LogP contribution >= 0.6 is 0 Å². The minimum atomic E-state index is 0.0960. The summed E-state index contributed by atoms with van der Waals surface area (Å²) in [5.74, 6) is 0.384. The molecule has 122 valence electrons. The maximum absolute atomic E-state index is 12.7. The van der Waals surface area contributed by atoms with Crippen LogP contribution in [-0.4, -0.2) is 41.9 Å². The van der Waals surface area contributed by atoms with Crippen molar-refractivity contribution in [3.8, 4) is 0 Å². The van der Waals surface area contributed by atoms with Crippen molar-refractivity contribution in [2.24, 2.45) is 5.92 Å². The van der Waals surface area contributed by atoms with Crippen LogP contribution in [0.15, 0.2) is 24.3 Å². The first kappa shape index (κ1) is 14.7. The van der Waals surface area contributed by atoms with E-state index in [1.807, 2.05) is 29.2 Å². The number of anilines is 1. The van der Waals surface area contributed by atoms with E-state index in [-0.39, 0.29) is 17.7 Å². The molecule has 1 aliphatic carbocycles. The number of amides is 2. The van der Waals surface area contributed by atoms with Gasteiger partial charge in [-0.15, -0.1) is 0 Å². The first-order valence-electron chi connectivity index (χ1n) is 8.65. The molecule has 5 nitrogen and oxygen atoms in total. The van der Waals surface area contributed by atoms with E-state index in [1.54, 1.807) is 0 Å². The van der Waals surface area contributed by atoms with Crippen molar-refractivity contribution in [1.29, 1.82) is 0 Å². The van der Waals surface area contributed by atoms with Crippen molar-refractivity contribution in [2.45, 2.75) is 44.2 Å². The van der Waals surface area contributed by atoms with E-state index in [1.165, 1.54) is 12.8 Å². The van der Waals surface area contributed by atoms with Gasteiger partial charge in [-0.25, -0.2) is 0 Å². The van der Waals surface area contributed by atoms with Crippen LogP contribution in [-0.2, 0) is 4.79 Å². The molecule has 1 saturated carbocycles. The highest BCUT2D eigenvalue weighted by Crippen LogP contribution is 2.30. The Morgan fingerprint density at radius 1 is 1.00 bits per heavy atom. The van der Waals surface area contributed by atoms with E-state index in [2.05, 4.69) is 10.6 Å². The minimum Gasteiger partial charge on any atom is -0.337 e. The van der Waals surface area contributed by atoms with Crippen molar-refractivity contribution in [1.82, 2.24) is 10.2 Å². The zero-order chi connectivity index (χ0) is 15.8. The molecule has 5 heteroatoms. The van der Waals surface area contributed by atoms with Crippen LogP contribution < -0.4 is 10.6 Å². The van der Waals surface area contributed by atoms with Gasteiger partial charge in [0.05, 0.1) is 0 Å². The third-order valence-electron chi connectivity index (χ3n) is 5.16. The van der Waals surface area contributed by atoms with Gasteiger partial charge in [0.1, 0.15) is 0 Å². The molecule has 2 amide bonds. The van der Waals surface area contributed by atoms with Crippen molar-refractivity contribution in [2.75, 3.05) is 18.4 Å². The molecule has 1 aromatic carbocycles. The smallest absolute Gasteiger partial charge is 0.253 e. The molecule has 2 N–H and O–H groups in total. The van der Waals surface area contributed by atoms with Gasteiger partial charge in [0.2, 0.25) is 5.91 Å². The summed E-state index contributed by atoms with van der Waals surface area (Å²) in [4.78, 5) is 26.4. The standard InChI is InChI=1S/C18H23N3O2/c22-17(12-1-2-12)20-14-5-3-13(4-6-14)18(23)21-10-9-15-7-8-16(11-21)19-15/h3-6,12,15-16,19H,1-2,7-11H2,(H,20,22). The van der Waals surface area contributed by atoms with Gasteiger partial charge < -0.3 is 15.5 Å². The summed E-state index contributed by atoms with van der Waals surface area (Å²) < 4.78 is 0. The van der Waals surface area contributed by atoms with Gasteiger partial charge in [0.15, 0.2) is 0 Å². The second kappa shape index (κ2) is 5.96. The number of hydrogen-bond acceptors (Lipinski definition) is 3. The van der Waals surface area contributed by atoms with Crippen LogP contribution in [0.1, 0.15) is 42.5 Å². The summed E-state index contributed by atoms with van der Waals surface area (Å²) in [5, 5.41) is 6.50. The monoisotopic (exact) mass is 313 g/mol. The van der Waals surface area contributed by atoms with E-state index < -0.39 is 0 Å². The second-order valence-electron chi connectivity index (χ2n) is 7.02. The van der Waals surface area contributed by atoms with Gasteiger partial charge in [-0.05, 0) is 56.4 Å². The molecule has 3 aliphatic rings. The Morgan fingerprint density at radius 2 is 1.74 bits per heavy atom. The third-order valence-corrected chi connectivity index (χ3v) is 5.16. The molecule has 2 unspecified atom stereocenters. The lowest BCUT2D eigenvalue weighted by Gasteiger charge is -2.24. The molecule has 23 heavy (non-hydrogen) atoms. The Bertz CT molecular complexity index is 609. The van der Waals surface area contributed by atoms with Gasteiger partial charge in [-0.3, -0.25) is 9.59 Å². The summed E-state index contributed by atoms with van der Waals surface area (Å²) in [5.41, 5.74) is 1.47. The Morgan fingerprint density at radius 3 is 2.48 bits per heavy atom. The minimum absolute atomic E-state index is 0.0960. The van der Waals surface area contributed by atoms with Crippen LogP contribution in [0, 0.1) is 5.92 Å². The van der Waals surface area contributed by atoms with E-state index in [0.717, 1.165) is 38.0 Å². The third kappa shape index (κ3) is 3.24. The fraction of sp³-hybridized carbons (Fsp3) is 0.556. The van der Waals surface area contributed by atoms with Gasteiger partial charge >= 0.3 is 0 Å². The number of hydrogen-bond donors (Lipinski definition) is 2. The SMILES string of the molecule is O=C(Nc1ccc(C(=O)N2CCC3CCC(C2)N3)cc1)C1CC1. The topological polar surface area (TPSA) is 61.4 Å². The van der Waals surface area contributed by atoms with E-state index in [9.17, 15) is 9.59 Å². The fourth-order valence-electron chi connectivity index (χ4n) is 3.60. The van der Waals surface area contributed by atoms with Crippen molar-refractivity contribution in [3.63, 3.8) is 0 Å². The Kier molecular flexibility index (Phi) is 3.81. The summed E-state index contributed by atoms with van der Waals surface area (Å²) in [6.45, 7) is 1.63. The van der Waals surface area contributed by atoms with Crippen LogP contribution in [0.5, 0.6) is 0 Å². The van der Waals surface area contributed by atoms with Gasteiger partial charge in [0.25, 0.3) is 5.91 Å². The number of carbonyl (C=O) groups is 2. The summed E-state index contributed by atoms with van der Waals surface area (Å²) >= 11 is 0. The lowest BCUT2D eigenvalue weighted by atomic mass is 10.1. The number of fused-ring (bicyclic) bond motifs is 2. The highest BCUT2D eigenvalue weighted by Gasteiger charge is 2.32. The predicted octanol–water partition coefficient (Wildman–Crippen LogP) is 2.00. The van der Waals surface area contributed by atoms with Crippen molar-refractivity contribution >= 4 is 17.5 Å². The first-order valence-corrected chi connectivity index (χ1v) is 8.65. The largest absolute Gasteiger partial charge is 0.337 e. The van der Waals surface area contributed by atoms with E-state index in [4.69, 9.17) is 0 Å². The fourth-order valence-corrected chi connectivity index (χ4v) is 3.60. The second-order valence-corrected chi connectivity index (χ2v) is 7.02. The predicted molar refractivity (Wildman–Crippen MR) is 88.3 cm³/mol. The average Bonchev–Trinajstić information content (AvgIpc) is 3.33. The number of rotatable bonds is 3. The molecule has 0 radical (unpaired) electrons. The molecular formula is C18H23N3O2. The highest BCUT2D eigenvalue weighted by atomic mass is 16.2. The highest BCUT2D eigenvalue weighted by molar-refractivity contribution is 5.96. The van der Waals surface area contributed by atoms with Crippen molar-refractivity contribution in [3.05, 3.63) is 29.8 Å². The quantitative estimate of drug-likeness (QED) is 0.897. The lowest BCUT2D eigenvalue weighted by Crippen LogP contribution is -2.39. The summed E-state index contributed by atoms with van der Waals surface area (Å²) in [7, 11) is 0. The molecule has 2 saturated heterocycles. The molecule has 2 bridgehead atoms. The molecule has 2 aliphatic heterocycles. The maximum Gasteiger partial charge on any atom is 0.253 e. The number of likely N-dealkylation sites (tertiary alicyclic amines) is 1. The Hall–Kier alpha value is -1.88. The molecule has 4 rings (SSSR count). The van der Waals surface area contributed by atoms with Crippen LogP contribution in [0.3, 0.4) is 0 Å². The normalized spacial score (nSPS) is 26.7. The molecular weight excluding hydrogens is 290 g/mol. The zero-order valence-corrected chi connectivity index (χ0v) is 13.3. The lowest BCUT2D eigenvalue weighted by molar-refractivity contribution is -0.117. The molecule has 1 aromatic rings. The van der Waals surface area contributed by atoms with E-state index in [0.29, 0.717) is 17.6 Å². The molecule has 0 spiro atoms. The van der Waals surface area contributed by atoms with Crippen LogP contribution in [0.4, 0.5) is 5.69 Å². The van der Waals surface area contributed by atoms with Gasteiger partial charge in [-0.1, -0.05) is 0 Å². The molecule has 3 fully saturated rings. The maximum atomic E-state index is 12.7. The Balaban J connectivity index is 1.40. The van der Waals surface area contributed by atoms with Crippen LogP contribution in [0.2, 0.25) is 0 Å². The molecule has 2 heterocycles.